The number of hydrogen-bond donors (Lipinski definition) is 1. The largest absolute Gasteiger partial charge is 0.355 e. The van der Waals surface area contributed by atoms with Gasteiger partial charge in [-0.05, 0) is 50.4 Å². The summed E-state index contributed by atoms with van der Waals surface area (Å²) < 4.78 is 0. The van der Waals surface area contributed by atoms with Gasteiger partial charge in [-0.2, -0.15) is 0 Å². The third-order valence-corrected chi connectivity index (χ3v) is 5.33. The lowest BCUT2D eigenvalue weighted by molar-refractivity contribution is 0.0963. The van der Waals surface area contributed by atoms with Crippen molar-refractivity contribution in [3.05, 3.63) is 51.0 Å². The molecule has 0 atom stereocenters. The van der Waals surface area contributed by atoms with Crippen LogP contribution < -0.4 is 5.32 Å². The number of fused-ring (bicyclic) bond motifs is 1. The van der Waals surface area contributed by atoms with Crippen molar-refractivity contribution in [2.24, 2.45) is 0 Å². The molecule has 1 aliphatic carbocycles. The van der Waals surface area contributed by atoms with Crippen LogP contribution in [0.4, 0.5) is 0 Å². The van der Waals surface area contributed by atoms with Crippen LogP contribution in [0.2, 0.25) is 0 Å². The van der Waals surface area contributed by atoms with Gasteiger partial charge in [0, 0.05) is 24.0 Å². The SMILES string of the molecule is CNC(=O)c1ccc(CN(C)Cc2nc3c(s2)CCCC3)cc1. The third kappa shape index (κ3) is 3.98. The van der Waals surface area contributed by atoms with E-state index in [-0.39, 0.29) is 5.91 Å². The minimum atomic E-state index is -0.0433. The van der Waals surface area contributed by atoms with Crippen LogP contribution in [0.3, 0.4) is 0 Å². The number of nitrogens with one attached hydrogen (secondary N) is 1. The topological polar surface area (TPSA) is 45.2 Å². The first kappa shape index (κ1) is 16.1. The van der Waals surface area contributed by atoms with Gasteiger partial charge in [-0.15, -0.1) is 11.3 Å². The van der Waals surface area contributed by atoms with E-state index >= 15 is 0 Å². The Morgan fingerprint density at radius 3 is 2.65 bits per heavy atom. The van der Waals surface area contributed by atoms with Crippen LogP contribution in [0.15, 0.2) is 24.3 Å². The van der Waals surface area contributed by atoms with Crippen LogP contribution in [-0.4, -0.2) is 29.9 Å². The lowest BCUT2D eigenvalue weighted by Gasteiger charge is -2.15. The number of rotatable bonds is 5. The quantitative estimate of drug-likeness (QED) is 0.917. The Bertz CT molecular complexity index is 655. The summed E-state index contributed by atoms with van der Waals surface area (Å²) in [6.07, 6.45) is 4.94. The summed E-state index contributed by atoms with van der Waals surface area (Å²) in [7, 11) is 3.77. The van der Waals surface area contributed by atoms with Crippen molar-refractivity contribution in [1.82, 2.24) is 15.2 Å². The maximum atomic E-state index is 11.6. The molecule has 1 aromatic carbocycles. The van der Waals surface area contributed by atoms with Crippen LogP contribution in [0.5, 0.6) is 0 Å². The maximum absolute atomic E-state index is 11.6. The van der Waals surface area contributed by atoms with E-state index in [0.29, 0.717) is 5.56 Å². The molecule has 0 fully saturated rings. The second kappa shape index (κ2) is 7.23. The van der Waals surface area contributed by atoms with E-state index in [1.165, 1.54) is 40.4 Å². The van der Waals surface area contributed by atoms with E-state index in [1.54, 1.807) is 7.05 Å². The minimum Gasteiger partial charge on any atom is -0.355 e. The molecule has 4 nitrogen and oxygen atoms in total. The molecule has 0 unspecified atom stereocenters. The van der Waals surface area contributed by atoms with Crippen molar-refractivity contribution in [1.29, 1.82) is 0 Å². The molecule has 0 bridgehead atoms. The summed E-state index contributed by atoms with van der Waals surface area (Å²) in [5.41, 5.74) is 3.24. The molecule has 0 saturated carbocycles. The lowest BCUT2D eigenvalue weighted by atomic mass is 10.0. The minimum absolute atomic E-state index is 0.0433. The number of aromatic nitrogens is 1. The molecule has 1 N–H and O–H groups in total. The molecule has 0 spiro atoms. The van der Waals surface area contributed by atoms with Crippen LogP contribution >= 0.6 is 11.3 Å². The summed E-state index contributed by atoms with van der Waals surface area (Å²) in [6.45, 7) is 1.74. The van der Waals surface area contributed by atoms with Gasteiger partial charge in [0.05, 0.1) is 12.2 Å². The number of amides is 1. The number of aryl methyl sites for hydroxylation is 2. The monoisotopic (exact) mass is 329 g/mol. The van der Waals surface area contributed by atoms with Gasteiger partial charge in [-0.3, -0.25) is 9.69 Å². The van der Waals surface area contributed by atoms with Crippen molar-refractivity contribution in [2.75, 3.05) is 14.1 Å². The number of nitrogens with zero attached hydrogens (tertiary/aromatic N) is 2. The lowest BCUT2D eigenvalue weighted by Crippen LogP contribution is -2.19. The number of carbonyl (C=O) groups is 1. The summed E-state index contributed by atoms with van der Waals surface area (Å²) in [6, 6.07) is 7.80. The average Bonchev–Trinajstić information content (AvgIpc) is 2.96. The first-order valence-electron chi connectivity index (χ1n) is 8.12. The van der Waals surface area contributed by atoms with Gasteiger partial charge in [0.2, 0.25) is 0 Å². The molecule has 122 valence electrons. The Hall–Kier alpha value is -1.72. The zero-order valence-corrected chi connectivity index (χ0v) is 14.6. The van der Waals surface area contributed by atoms with Gasteiger partial charge < -0.3 is 5.32 Å². The molecule has 3 rings (SSSR count). The van der Waals surface area contributed by atoms with E-state index in [2.05, 4.69) is 17.3 Å². The Morgan fingerprint density at radius 2 is 1.96 bits per heavy atom. The summed E-state index contributed by atoms with van der Waals surface area (Å²) >= 11 is 1.88. The van der Waals surface area contributed by atoms with Crippen LogP contribution in [-0.2, 0) is 25.9 Å². The molecule has 1 heterocycles. The highest BCUT2D eigenvalue weighted by Crippen LogP contribution is 2.27. The van der Waals surface area contributed by atoms with Crippen LogP contribution in [0.25, 0.3) is 0 Å². The number of carbonyl (C=O) groups excluding carboxylic acids is 1. The highest BCUT2D eigenvalue weighted by Gasteiger charge is 2.16. The summed E-state index contributed by atoms with van der Waals surface area (Å²) in [5, 5.41) is 3.87. The third-order valence-electron chi connectivity index (χ3n) is 4.19. The Balaban J connectivity index is 1.59. The van der Waals surface area contributed by atoms with Crippen molar-refractivity contribution in [2.45, 2.75) is 38.8 Å². The zero-order valence-electron chi connectivity index (χ0n) is 13.8. The highest BCUT2D eigenvalue weighted by molar-refractivity contribution is 7.11. The predicted octanol–water partition coefficient (Wildman–Crippen LogP) is 3.01. The van der Waals surface area contributed by atoms with Crippen molar-refractivity contribution in [3.63, 3.8) is 0 Å². The van der Waals surface area contributed by atoms with Gasteiger partial charge in [0.15, 0.2) is 0 Å². The molecule has 0 aliphatic heterocycles. The molecule has 2 aromatic rings. The summed E-state index contributed by atoms with van der Waals surface area (Å²) in [4.78, 5) is 20.1. The Morgan fingerprint density at radius 1 is 1.22 bits per heavy atom. The van der Waals surface area contributed by atoms with Crippen LogP contribution in [0.1, 0.15) is 44.3 Å². The molecule has 1 aromatic heterocycles. The molecule has 0 radical (unpaired) electrons. The van der Waals surface area contributed by atoms with E-state index in [1.807, 2.05) is 35.6 Å². The number of benzene rings is 1. The number of thiazole rings is 1. The molecule has 5 heteroatoms. The van der Waals surface area contributed by atoms with Gasteiger partial charge in [-0.1, -0.05) is 12.1 Å². The molecule has 1 aliphatic rings. The maximum Gasteiger partial charge on any atom is 0.251 e. The van der Waals surface area contributed by atoms with E-state index < -0.39 is 0 Å². The Labute approximate surface area is 141 Å². The standard InChI is InChI=1S/C18H23N3OS/c1-19-18(22)14-9-7-13(8-10-14)11-21(2)12-17-20-15-5-3-4-6-16(15)23-17/h7-10H,3-6,11-12H2,1-2H3,(H,19,22). The fourth-order valence-electron chi connectivity index (χ4n) is 2.98. The predicted molar refractivity (Wildman–Crippen MR) is 93.8 cm³/mol. The van der Waals surface area contributed by atoms with E-state index in [0.717, 1.165) is 19.5 Å². The van der Waals surface area contributed by atoms with Crippen molar-refractivity contribution < 1.29 is 4.79 Å². The van der Waals surface area contributed by atoms with Crippen molar-refractivity contribution in [3.8, 4) is 0 Å². The molecule has 23 heavy (non-hydrogen) atoms. The first-order valence-corrected chi connectivity index (χ1v) is 8.94. The zero-order chi connectivity index (χ0) is 16.2. The Kier molecular flexibility index (Phi) is 5.08. The molecular weight excluding hydrogens is 306 g/mol. The molecule has 0 saturated heterocycles. The van der Waals surface area contributed by atoms with Gasteiger partial charge in [0.1, 0.15) is 5.01 Å². The highest BCUT2D eigenvalue weighted by atomic mass is 32.1. The van der Waals surface area contributed by atoms with Gasteiger partial charge >= 0.3 is 0 Å². The second-order valence-corrected chi connectivity index (χ2v) is 7.30. The fourth-order valence-corrected chi connectivity index (χ4v) is 4.21. The summed E-state index contributed by atoms with van der Waals surface area (Å²) in [5.74, 6) is -0.0433. The van der Waals surface area contributed by atoms with E-state index in [9.17, 15) is 4.79 Å². The van der Waals surface area contributed by atoms with Gasteiger partial charge in [-0.25, -0.2) is 4.98 Å². The average molecular weight is 329 g/mol. The molecular formula is C18H23N3OS. The normalized spacial score (nSPS) is 13.9. The van der Waals surface area contributed by atoms with Gasteiger partial charge in [0.25, 0.3) is 5.91 Å². The number of hydrogen-bond acceptors (Lipinski definition) is 4. The molecule has 1 amide bonds. The second-order valence-electron chi connectivity index (χ2n) is 6.13. The van der Waals surface area contributed by atoms with Crippen LogP contribution in [0, 0.1) is 0 Å². The first-order chi connectivity index (χ1) is 11.2. The van der Waals surface area contributed by atoms with Crippen molar-refractivity contribution >= 4 is 17.2 Å². The fraction of sp³-hybridized carbons (Fsp3) is 0.444. The smallest absolute Gasteiger partial charge is 0.251 e. The van der Waals surface area contributed by atoms with E-state index in [4.69, 9.17) is 4.98 Å².